The molecule has 9 heteroatoms. The molecule has 0 saturated heterocycles. The molecule has 0 saturated carbocycles. The molecule has 2 N–H and O–H groups in total. The van der Waals surface area contributed by atoms with Crippen LogP contribution < -0.4 is 5.32 Å². The number of benzene rings is 2. The Morgan fingerprint density at radius 1 is 1.09 bits per heavy atom. The first-order chi connectivity index (χ1) is 15.5. The van der Waals surface area contributed by atoms with Gasteiger partial charge >= 0.3 is 0 Å². The van der Waals surface area contributed by atoms with Gasteiger partial charge in [-0.15, -0.1) is 10.2 Å². The first-order valence-corrected chi connectivity index (χ1v) is 11.2. The molecule has 2 aromatic heterocycles. The number of carbonyl (C=O) groups is 1. The van der Waals surface area contributed by atoms with E-state index >= 15 is 0 Å². The fourth-order valence-electron chi connectivity index (χ4n) is 3.37. The number of amides is 1. The molecule has 0 aliphatic heterocycles. The van der Waals surface area contributed by atoms with E-state index in [1.165, 1.54) is 17.8 Å². The summed E-state index contributed by atoms with van der Waals surface area (Å²) in [6.07, 6.45) is 0.730. The average molecular weight is 451 g/mol. The van der Waals surface area contributed by atoms with Gasteiger partial charge in [0.2, 0.25) is 5.91 Å². The molecule has 4 aromatic rings. The summed E-state index contributed by atoms with van der Waals surface area (Å²) in [5, 5.41) is 18.9. The first kappa shape index (κ1) is 21.8. The molecule has 4 rings (SSSR count). The molecule has 0 bridgehead atoms. The highest BCUT2D eigenvalue weighted by molar-refractivity contribution is 7.99. The average Bonchev–Trinajstić information content (AvgIpc) is 3.35. The molecule has 0 spiro atoms. The number of aromatic amines is 1. The van der Waals surface area contributed by atoms with Crippen LogP contribution in [0.4, 0.5) is 10.1 Å². The second-order valence-electron chi connectivity index (χ2n) is 7.32. The third kappa shape index (κ3) is 4.88. The lowest BCUT2D eigenvalue weighted by Gasteiger charge is -2.11. The SMILES string of the molecule is Cc1n[nH]c(C)c1NC(=O)CSc1nnc(-c2ccccc2F)n1CCc1ccccc1. The molecule has 0 fully saturated rings. The second-order valence-corrected chi connectivity index (χ2v) is 8.26. The number of hydrogen-bond acceptors (Lipinski definition) is 5. The van der Waals surface area contributed by atoms with Crippen LogP contribution >= 0.6 is 11.8 Å². The normalized spacial score (nSPS) is 11.0. The fraction of sp³-hybridized carbons (Fsp3) is 0.217. The maximum Gasteiger partial charge on any atom is 0.234 e. The molecular formula is C23H23FN6OS. The summed E-state index contributed by atoms with van der Waals surface area (Å²) in [4.78, 5) is 12.5. The van der Waals surface area contributed by atoms with Crippen LogP contribution in [0, 0.1) is 19.7 Å². The van der Waals surface area contributed by atoms with Crippen molar-refractivity contribution < 1.29 is 9.18 Å². The van der Waals surface area contributed by atoms with Crippen molar-refractivity contribution in [1.29, 1.82) is 0 Å². The Morgan fingerprint density at radius 2 is 1.84 bits per heavy atom. The van der Waals surface area contributed by atoms with Gasteiger partial charge in [0, 0.05) is 6.54 Å². The molecule has 32 heavy (non-hydrogen) atoms. The molecule has 7 nitrogen and oxygen atoms in total. The van der Waals surface area contributed by atoms with Gasteiger partial charge < -0.3 is 9.88 Å². The van der Waals surface area contributed by atoms with Gasteiger partial charge in [-0.1, -0.05) is 54.2 Å². The number of hydrogen-bond donors (Lipinski definition) is 2. The Kier molecular flexibility index (Phi) is 6.65. The molecule has 2 aromatic carbocycles. The van der Waals surface area contributed by atoms with Gasteiger partial charge in [0.15, 0.2) is 11.0 Å². The summed E-state index contributed by atoms with van der Waals surface area (Å²) in [6.45, 7) is 4.24. The zero-order chi connectivity index (χ0) is 22.5. The Labute approximate surface area is 189 Å². The predicted molar refractivity (Wildman–Crippen MR) is 123 cm³/mol. The van der Waals surface area contributed by atoms with Crippen molar-refractivity contribution in [3.63, 3.8) is 0 Å². The molecule has 0 aliphatic carbocycles. The fourth-order valence-corrected chi connectivity index (χ4v) is 4.13. The van der Waals surface area contributed by atoms with Crippen LogP contribution in [-0.4, -0.2) is 36.6 Å². The summed E-state index contributed by atoms with van der Waals surface area (Å²) in [5.41, 5.74) is 3.75. The largest absolute Gasteiger partial charge is 0.322 e. The number of carbonyl (C=O) groups excluding carboxylic acids is 1. The van der Waals surface area contributed by atoms with Crippen LogP contribution in [0.2, 0.25) is 0 Å². The first-order valence-electron chi connectivity index (χ1n) is 10.2. The molecule has 164 valence electrons. The van der Waals surface area contributed by atoms with E-state index in [-0.39, 0.29) is 17.5 Å². The van der Waals surface area contributed by atoms with E-state index in [1.807, 2.05) is 48.7 Å². The van der Waals surface area contributed by atoms with Gasteiger partial charge in [0.05, 0.1) is 28.4 Å². The number of halogens is 1. The van der Waals surface area contributed by atoms with E-state index < -0.39 is 0 Å². The Hall–Kier alpha value is -3.46. The lowest BCUT2D eigenvalue weighted by atomic mass is 10.1. The highest BCUT2D eigenvalue weighted by Gasteiger charge is 2.19. The molecule has 0 atom stereocenters. The number of rotatable bonds is 8. The van der Waals surface area contributed by atoms with Crippen molar-refractivity contribution in [2.75, 3.05) is 11.1 Å². The zero-order valence-electron chi connectivity index (χ0n) is 17.8. The Balaban J connectivity index is 1.54. The van der Waals surface area contributed by atoms with Crippen LogP contribution in [0.25, 0.3) is 11.4 Å². The minimum atomic E-state index is -0.360. The standard InChI is InChI=1S/C23H23FN6OS/c1-15-21(16(2)27-26-15)25-20(31)14-32-23-29-28-22(18-10-6-7-11-19(18)24)30(23)13-12-17-8-4-3-5-9-17/h3-11H,12-14H2,1-2H3,(H,25,31)(H,26,27). The second kappa shape index (κ2) is 9.78. The van der Waals surface area contributed by atoms with Gasteiger partial charge in [-0.3, -0.25) is 9.89 Å². The highest BCUT2D eigenvalue weighted by Crippen LogP contribution is 2.27. The van der Waals surface area contributed by atoms with Crippen molar-refractivity contribution in [2.45, 2.75) is 32.0 Å². The molecule has 0 aliphatic rings. The number of H-pyrrole nitrogens is 1. The maximum atomic E-state index is 14.5. The van der Waals surface area contributed by atoms with Crippen molar-refractivity contribution >= 4 is 23.4 Å². The maximum absolute atomic E-state index is 14.5. The van der Waals surface area contributed by atoms with Gasteiger partial charge in [-0.25, -0.2) is 4.39 Å². The smallest absolute Gasteiger partial charge is 0.234 e. The van der Waals surface area contributed by atoms with Gasteiger partial charge in [-0.05, 0) is 38.0 Å². The zero-order valence-corrected chi connectivity index (χ0v) is 18.6. The summed E-state index contributed by atoms with van der Waals surface area (Å²) in [7, 11) is 0. The van der Waals surface area contributed by atoms with Crippen molar-refractivity contribution in [2.24, 2.45) is 0 Å². The molecule has 1 amide bonds. The number of thioether (sulfide) groups is 1. The van der Waals surface area contributed by atoms with Crippen LogP contribution in [0.5, 0.6) is 0 Å². The topological polar surface area (TPSA) is 88.5 Å². The van der Waals surface area contributed by atoms with Crippen LogP contribution in [0.15, 0.2) is 59.8 Å². The highest BCUT2D eigenvalue weighted by atomic mass is 32.2. The van der Waals surface area contributed by atoms with Crippen LogP contribution in [0.1, 0.15) is 17.0 Å². The van der Waals surface area contributed by atoms with Gasteiger partial charge in [-0.2, -0.15) is 5.10 Å². The minimum absolute atomic E-state index is 0.144. The Morgan fingerprint density at radius 3 is 2.56 bits per heavy atom. The lowest BCUT2D eigenvalue weighted by molar-refractivity contribution is -0.113. The molecule has 0 unspecified atom stereocenters. The predicted octanol–water partition coefficient (Wildman–Crippen LogP) is 4.40. The van der Waals surface area contributed by atoms with Crippen LogP contribution in [-0.2, 0) is 17.8 Å². The number of anilines is 1. The van der Waals surface area contributed by atoms with Crippen molar-refractivity contribution in [1.82, 2.24) is 25.0 Å². The van der Waals surface area contributed by atoms with E-state index in [4.69, 9.17) is 0 Å². The number of nitrogens with zero attached hydrogens (tertiary/aromatic N) is 4. The monoisotopic (exact) mass is 450 g/mol. The van der Waals surface area contributed by atoms with Crippen molar-refractivity contribution in [3.05, 3.63) is 77.4 Å². The summed E-state index contributed by atoms with van der Waals surface area (Å²) in [6, 6.07) is 16.5. The van der Waals surface area contributed by atoms with E-state index in [0.29, 0.717) is 28.8 Å². The van der Waals surface area contributed by atoms with E-state index in [0.717, 1.165) is 23.4 Å². The Bertz CT molecular complexity index is 1200. The molecule has 0 radical (unpaired) electrons. The van der Waals surface area contributed by atoms with Gasteiger partial charge in [0.25, 0.3) is 0 Å². The minimum Gasteiger partial charge on any atom is -0.322 e. The van der Waals surface area contributed by atoms with Crippen molar-refractivity contribution in [3.8, 4) is 11.4 Å². The van der Waals surface area contributed by atoms with E-state index in [1.54, 1.807) is 18.2 Å². The number of aryl methyl sites for hydroxylation is 3. The molecule has 2 heterocycles. The third-order valence-corrected chi connectivity index (χ3v) is 5.99. The number of aromatic nitrogens is 5. The van der Waals surface area contributed by atoms with E-state index in [9.17, 15) is 9.18 Å². The summed E-state index contributed by atoms with van der Waals surface area (Å²) in [5.74, 6) is 0.0577. The summed E-state index contributed by atoms with van der Waals surface area (Å²) < 4.78 is 16.3. The van der Waals surface area contributed by atoms with E-state index in [2.05, 4.69) is 25.7 Å². The van der Waals surface area contributed by atoms with Gasteiger partial charge in [0.1, 0.15) is 5.82 Å². The third-order valence-electron chi connectivity index (χ3n) is 5.02. The number of nitrogens with one attached hydrogen (secondary N) is 2. The summed E-state index contributed by atoms with van der Waals surface area (Å²) >= 11 is 1.27. The lowest BCUT2D eigenvalue weighted by Crippen LogP contribution is -2.16. The van der Waals surface area contributed by atoms with Crippen LogP contribution in [0.3, 0.4) is 0 Å². The molecular weight excluding hydrogens is 427 g/mol. The quantitative estimate of drug-likeness (QED) is 0.389.